The molecular weight excluding hydrogens is 436 g/mol. The monoisotopic (exact) mass is 470 g/mol. The maximum Gasteiger partial charge on any atom is 0.333 e. The summed E-state index contributed by atoms with van der Waals surface area (Å²) in [5.41, 5.74) is 9.45. The summed E-state index contributed by atoms with van der Waals surface area (Å²) in [7, 11) is -3.38. The molecule has 0 aromatic carbocycles. The first kappa shape index (κ1) is 26.1. The van der Waals surface area contributed by atoms with Gasteiger partial charge in [-0.3, -0.25) is 9.69 Å². The molecule has 2 N–H and O–H groups in total. The lowest BCUT2D eigenvalue weighted by molar-refractivity contribution is -0.138. The number of hydrogen-bond acceptors (Lipinski definition) is 7. The van der Waals surface area contributed by atoms with E-state index in [1.807, 2.05) is 11.8 Å². The second-order valence-electron chi connectivity index (χ2n) is 8.23. The quantitative estimate of drug-likeness (QED) is 0.214. The van der Waals surface area contributed by atoms with Crippen LogP contribution < -0.4 is 10.0 Å². The largest absolute Gasteiger partial charge is 0.463 e. The maximum absolute atomic E-state index is 12.4. The molecule has 0 bridgehead atoms. The number of likely N-dealkylation sites (tertiary alicyclic amines) is 1. The highest BCUT2D eigenvalue weighted by molar-refractivity contribution is 7.89. The summed E-state index contributed by atoms with van der Waals surface area (Å²) in [4.78, 5) is 29.3. The number of rotatable bonds is 10. The minimum absolute atomic E-state index is 0.0871. The summed E-state index contributed by atoms with van der Waals surface area (Å²) < 4.78 is 32.7. The van der Waals surface area contributed by atoms with Crippen LogP contribution in [-0.2, 0) is 24.3 Å². The first-order valence-corrected chi connectivity index (χ1v) is 12.8. The molecule has 12 heteroatoms. The summed E-state index contributed by atoms with van der Waals surface area (Å²) in [6, 6.07) is -1.93. The van der Waals surface area contributed by atoms with Crippen LogP contribution in [0.2, 0.25) is 0 Å². The summed E-state index contributed by atoms with van der Waals surface area (Å²) in [5.74, 6) is -0.671. The van der Waals surface area contributed by atoms with Gasteiger partial charge in [-0.2, -0.15) is 0 Å². The van der Waals surface area contributed by atoms with E-state index in [1.54, 1.807) is 13.0 Å². The summed E-state index contributed by atoms with van der Waals surface area (Å²) in [6.45, 7) is 6.33. The zero-order valence-corrected chi connectivity index (χ0v) is 19.8. The SMILES string of the molecule is CCCCS(=O)(=O)N[C@@H]1CCCN([C@@H]2C=C(C(=O)OCC)C[C@H](N=[N+]=[N-])[C@H]2NC(C)=O)C1. The van der Waals surface area contributed by atoms with Crippen LogP contribution in [-0.4, -0.2) is 74.8 Å². The van der Waals surface area contributed by atoms with Crippen molar-refractivity contribution in [1.29, 1.82) is 0 Å². The molecule has 2 aliphatic rings. The van der Waals surface area contributed by atoms with Gasteiger partial charge in [0.05, 0.1) is 24.4 Å². The van der Waals surface area contributed by atoms with Crippen LogP contribution in [0, 0.1) is 0 Å². The summed E-state index contributed by atoms with van der Waals surface area (Å²) in [5, 5.41) is 6.71. The molecule has 4 atom stereocenters. The zero-order chi connectivity index (χ0) is 23.7. The molecule has 0 spiro atoms. The van der Waals surface area contributed by atoms with Crippen LogP contribution in [0.25, 0.3) is 10.4 Å². The van der Waals surface area contributed by atoms with Crippen molar-refractivity contribution in [3.63, 3.8) is 0 Å². The maximum atomic E-state index is 12.4. The predicted octanol–water partition coefficient (Wildman–Crippen LogP) is 1.62. The van der Waals surface area contributed by atoms with Gasteiger partial charge in [0, 0.05) is 36.0 Å². The highest BCUT2D eigenvalue weighted by atomic mass is 32.2. The number of hydrogen-bond donors (Lipinski definition) is 2. The third kappa shape index (κ3) is 7.47. The van der Waals surface area contributed by atoms with Crippen molar-refractivity contribution in [1.82, 2.24) is 14.9 Å². The van der Waals surface area contributed by atoms with E-state index >= 15 is 0 Å². The number of carbonyl (C=O) groups excluding carboxylic acids is 2. The number of nitrogens with one attached hydrogen (secondary N) is 2. The van der Waals surface area contributed by atoms with Crippen LogP contribution in [0.3, 0.4) is 0 Å². The van der Waals surface area contributed by atoms with Gasteiger partial charge in [0.1, 0.15) is 0 Å². The van der Waals surface area contributed by atoms with E-state index in [4.69, 9.17) is 10.3 Å². The van der Waals surface area contributed by atoms with E-state index in [0.717, 1.165) is 12.8 Å². The van der Waals surface area contributed by atoms with Gasteiger partial charge < -0.3 is 10.1 Å². The molecule has 0 aromatic rings. The molecule has 180 valence electrons. The minimum Gasteiger partial charge on any atom is -0.463 e. The fourth-order valence-electron chi connectivity index (χ4n) is 4.28. The van der Waals surface area contributed by atoms with E-state index in [2.05, 4.69) is 20.1 Å². The first-order valence-electron chi connectivity index (χ1n) is 11.1. The number of piperidine rings is 1. The normalized spacial score (nSPS) is 26.5. The molecular formula is C20H34N6O5S. The first-order chi connectivity index (χ1) is 15.2. The van der Waals surface area contributed by atoms with Gasteiger partial charge in [-0.15, -0.1) is 0 Å². The number of carbonyl (C=O) groups is 2. The van der Waals surface area contributed by atoms with Crippen LogP contribution in [0.15, 0.2) is 16.8 Å². The number of ether oxygens (including phenoxy) is 1. The molecule has 32 heavy (non-hydrogen) atoms. The highest BCUT2D eigenvalue weighted by Crippen LogP contribution is 2.28. The number of esters is 1. The number of nitrogens with zero attached hydrogens (tertiary/aromatic N) is 4. The molecule has 11 nitrogen and oxygen atoms in total. The Morgan fingerprint density at radius 3 is 2.75 bits per heavy atom. The van der Waals surface area contributed by atoms with Crippen molar-refractivity contribution >= 4 is 21.9 Å². The van der Waals surface area contributed by atoms with Crippen molar-refractivity contribution in [2.24, 2.45) is 5.11 Å². The lowest BCUT2D eigenvalue weighted by Crippen LogP contribution is -2.61. The predicted molar refractivity (Wildman–Crippen MR) is 120 cm³/mol. The van der Waals surface area contributed by atoms with E-state index in [-0.39, 0.29) is 30.7 Å². The van der Waals surface area contributed by atoms with Gasteiger partial charge >= 0.3 is 5.97 Å². The molecule has 1 saturated heterocycles. The molecule has 1 heterocycles. The van der Waals surface area contributed by atoms with Crippen LogP contribution in [0.5, 0.6) is 0 Å². The standard InChI is InChI=1S/C20H34N6O5S/c1-4-6-10-32(29,30)24-16-8-7-9-26(13-16)18-12-15(20(28)31-5-2)11-17(23-25-21)19(18)22-14(3)27/h12,16-19,24H,4-11,13H2,1-3H3,(H,22,27)/t16-,17+,18-,19-/m1/s1. The molecule has 0 saturated carbocycles. The Bertz CT molecular complexity index is 855. The lowest BCUT2D eigenvalue weighted by Gasteiger charge is -2.44. The Morgan fingerprint density at radius 2 is 2.12 bits per heavy atom. The van der Waals surface area contributed by atoms with Gasteiger partial charge in [-0.1, -0.05) is 24.5 Å². The highest BCUT2D eigenvalue weighted by Gasteiger charge is 2.40. The molecule has 1 aliphatic heterocycles. The number of sulfonamides is 1. The van der Waals surface area contributed by atoms with Crippen LogP contribution >= 0.6 is 0 Å². The van der Waals surface area contributed by atoms with Gasteiger partial charge in [0.25, 0.3) is 0 Å². The Morgan fingerprint density at radius 1 is 1.38 bits per heavy atom. The fourth-order valence-corrected chi connectivity index (χ4v) is 5.77. The lowest BCUT2D eigenvalue weighted by atomic mass is 9.85. The zero-order valence-electron chi connectivity index (χ0n) is 19.0. The topological polar surface area (TPSA) is 154 Å². The minimum atomic E-state index is -3.38. The average Bonchev–Trinajstić information content (AvgIpc) is 2.73. The van der Waals surface area contributed by atoms with E-state index < -0.39 is 34.1 Å². The molecule has 2 rings (SSSR count). The number of amides is 1. The molecule has 1 aliphatic carbocycles. The van der Waals surface area contributed by atoms with E-state index in [0.29, 0.717) is 31.5 Å². The van der Waals surface area contributed by atoms with Gasteiger partial charge in [-0.05, 0) is 44.7 Å². The molecule has 0 aromatic heterocycles. The Kier molecular flexibility index (Phi) is 9.95. The Hall–Kier alpha value is -2.14. The van der Waals surface area contributed by atoms with Crippen molar-refractivity contribution in [3.8, 4) is 0 Å². The smallest absolute Gasteiger partial charge is 0.333 e. The second kappa shape index (κ2) is 12.2. The summed E-state index contributed by atoms with van der Waals surface area (Å²) in [6.07, 6.45) is 4.76. The van der Waals surface area contributed by atoms with Crippen LogP contribution in [0.1, 0.15) is 52.9 Å². The fraction of sp³-hybridized carbons (Fsp3) is 0.800. The number of azide groups is 1. The van der Waals surface area contributed by atoms with E-state index in [9.17, 15) is 18.0 Å². The molecule has 0 radical (unpaired) electrons. The molecule has 0 unspecified atom stereocenters. The third-order valence-corrected chi connectivity index (χ3v) is 7.20. The Balaban J connectivity index is 2.30. The van der Waals surface area contributed by atoms with E-state index in [1.165, 1.54) is 6.92 Å². The van der Waals surface area contributed by atoms with Gasteiger partial charge in [-0.25, -0.2) is 17.9 Å². The van der Waals surface area contributed by atoms with Crippen molar-refractivity contribution in [2.75, 3.05) is 25.4 Å². The Labute approximate surface area is 189 Å². The van der Waals surface area contributed by atoms with Crippen LogP contribution in [0.4, 0.5) is 0 Å². The van der Waals surface area contributed by atoms with Gasteiger partial charge in [0.2, 0.25) is 15.9 Å². The van der Waals surface area contributed by atoms with Crippen molar-refractivity contribution in [2.45, 2.75) is 77.0 Å². The van der Waals surface area contributed by atoms with Crippen molar-refractivity contribution < 1.29 is 22.7 Å². The summed E-state index contributed by atoms with van der Waals surface area (Å²) >= 11 is 0. The second-order valence-corrected chi connectivity index (χ2v) is 10.1. The molecule has 1 fully saturated rings. The van der Waals surface area contributed by atoms with Crippen molar-refractivity contribution in [3.05, 3.63) is 22.1 Å². The van der Waals surface area contributed by atoms with Gasteiger partial charge in [0.15, 0.2) is 0 Å². The third-order valence-electron chi connectivity index (χ3n) is 5.68. The molecule has 1 amide bonds. The average molecular weight is 471 g/mol. The number of unbranched alkanes of at least 4 members (excludes halogenated alkanes) is 1.